The van der Waals surface area contributed by atoms with Crippen LogP contribution in [0.3, 0.4) is 0 Å². The van der Waals surface area contributed by atoms with Crippen molar-refractivity contribution in [2.75, 3.05) is 13.2 Å². The van der Waals surface area contributed by atoms with Crippen LogP contribution in [0.2, 0.25) is 1.41 Å². The van der Waals surface area contributed by atoms with Crippen molar-refractivity contribution in [3.63, 3.8) is 0 Å². The predicted octanol–water partition coefficient (Wildman–Crippen LogP) is -2.97. The summed E-state index contributed by atoms with van der Waals surface area (Å²) in [5.41, 5.74) is 0. The highest BCUT2D eigenvalue weighted by Crippen LogP contribution is 2.13. The van der Waals surface area contributed by atoms with Gasteiger partial charge in [0.2, 0.25) is 0 Å². The van der Waals surface area contributed by atoms with Gasteiger partial charge in [0.15, 0.2) is 0 Å². The summed E-state index contributed by atoms with van der Waals surface area (Å²) in [4.78, 5) is 0. The molecule has 1 rings (SSSR count). The van der Waals surface area contributed by atoms with E-state index in [1.807, 2.05) is 0 Å². The second-order valence-corrected chi connectivity index (χ2v) is 2.63. The second-order valence-electron chi connectivity index (χ2n) is 2.63. The lowest BCUT2D eigenvalue weighted by molar-refractivity contribution is 0.0130. The van der Waals surface area contributed by atoms with Crippen molar-refractivity contribution in [2.45, 2.75) is 24.3 Å². The smallest absolute Gasteiger partial charge is 0.123 e. The van der Waals surface area contributed by atoms with Crippen LogP contribution in [0.5, 0.6) is 0 Å². The van der Waals surface area contributed by atoms with Crippen molar-refractivity contribution in [2.24, 2.45) is 0 Å². The SMILES string of the molecule is [2H]N1[C@H](CO)[C@H](O)[C@H](O)[C@H]1CO. The normalized spacial score (nSPS) is 47.8. The minimum absolute atomic E-state index is 0.405. The number of hydrogen-bond acceptors (Lipinski definition) is 5. The summed E-state index contributed by atoms with van der Waals surface area (Å²) in [5.74, 6) is 0. The van der Waals surface area contributed by atoms with Crippen molar-refractivity contribution in [3.8, 4) is 0 Å². The van der Waals surface area contributed by atoms with Crippen LogP contribution in [0.25, 0.3) is 0 Å². The summed E-state index contributed by atoms with van der Waals surface area (Å²) in [6.45, 7) is -0.809. The van der Waals surface area contributed by atoms with E-state index in [9.17, 15) is 10.2 Å². The Labute approximate surface area is 65.7 Å². The van der Waals surface area contributed by atoms with Gasteiger partial charge in [0.25, 0.3) is 0 Å². The van der Waals surface area contributed by atoms with Gasteiger partial charge < -0.3 is 25.7 Å². The van der Waals surface area contributed by atoms with Gasteiger partial charge in [-0.3, -0.25) is 0 Å². The Morgan fingerprint density at radius 3 is 1.64 bits per heavy atom. The van der Waals surface area contributed by atoms with E-state index in [0.29, 0.717) is 0 Å². The molecular weight excluding hydrogens is 150 g/mol. The van der Waals surface area contributed by atoms with Gasteiger partial charge in [-0.05, 0) is 0 Å². The molecule has 11 heavy (non-hydrogen) atoms. The molecule has 0 aromatic heterocycles. The molecule has 1 heterocycles. The quantitative estimate of drug-likeness (QED) is 0.300. The molecular formula is C6H13NO4. The molecule has 0 saturated carbocycles. The van der Waals surface area contributed by atoms with E-state index in [1.165, 1.54) is 0 Å². The van der Waals surface area contributed by atoms with Gasteiger partial charge in [-0.2, -0.15) is 0 Å². The minimum atomic E-state index is -1.16. The summed E-state index contributed by atoms with van der Waals surface area (Å²) < 4.78 is 7.30. The van der Waals surface area contributed by atoms with Crippen molar-refractivity contribution in [3.05, 3.63) is 0 Å². The first-order valence-electron chi connectivity index (χ1n) is 3.93. The molecule has 0 aromatic carbocycles. The average Bonchev–Trinajstić information content (AvgIpc) is 2.25. The van der Waals surface area contributed by atoms with Crippen molar-refractivity contribution in [1.82, 2.24) is 5.31 Å². The molecule has 1 aliphatic rings. The van der Waals surface area contributed by atoms with E-state index in [-0.39, 0.29) is 0 Å². The Morgan fingerprint density at radius 1 is 1.09 bits per heavy atom. The van der Waals surface area contributed by atoms with Gasteiger partial charge in [0.05, 0.1) is 37.5 Å². The lowest BCUT2D eigenvalue weighted by Gasteiger charge is -2.12. The molecule has 5 nitrogen and oxygen atoms in total. The highest BCUT2D eigenvalue weighted by atomic mass is 16.3. The molecule has 0 bridgehead atoms. The van der Waals surface area contributed by atoms with E-state index >= 15 is 0 Å². The molecule has 0 spiro atoms. The van der Waals surface area contributed by atoms with Crippen LogP contribution in [0.4, 0.5) is 0 Å². The average molecular weight is 164 g/mol. The van der Waals surface area contributed by atoms with Crippen molar-refractivity contribution >= 4 is 0 Å². The number of aliphatic hydroxyl groups is 4. The first-order chi connectivity index (χ1) is 5.63. The van der Waals surface area contributed by atoms with Crippen molar-refractivity contribution < 1.29 is 21.8 Å². The third-order valence-electron chi connectivity index (χ3n) is 1.90. The number of aliphatic hydroxyl groups excluding tert-OH is 4. The molecule has 0 aromatic rings. The first-order valence-corrected chi connectivity index (χ1v) is 3.48. The highest BCUT2D eigenvalue weighted by molar-refractivity contribution is 4.97. The molecule has 1 fully saturated rings. The molecule has 4 atom stereocenters. The van der Waals surface area contributed by atoms with E-state index in [0.717, 1.165) is 5.31 Å². The summed E-state index contributed by atoms with van der Waals surface area (Å²) in [7, 11) is 0. The van der Waals surface area contributed by atoms with Crippen molar-refractivity contribution in [1.29, 1.82) is 0 Å². The zero-order valence-corrected chi connectivity index (χ0v) is 5.96. The van der Waals surface area contributed by atoms with Crippen LogP contribution < -0.4 is 5.31 Å². The van der Waals surface area contributed by atoms with Crippen LogP contribution >= 0.6 is 0 Å². The Kier molecular flexibility index (Phi) is 2.35. The molecule has 1 aliphatic heterocycles. The van der Waals surface area contributed by atoms with E-state index in [2.05, 4.69) is 0 Å². The number of hydrogen-bond donors (Lipinski definition) is 5. The van der Waals surface area contributed by atoms with E-state index in [4.69, 9.17) is 11.6 Å². The topological polar surface area (TPSA) is 93.0 Å². The van der Waals surface area contributed by atoms with Gasteiger partial charge in [0, 0.05) is 0 Å². The Morgan fingerprint density at radius 2 is 1.45 bits per heavy atom. The Bertz CT molecular complexity index is 142. The van der Waals surface area contributed by atoms with E-state index < -0.39 is 37.5 Å². The Hall–Kier alpha value is -0.200. The van der Waals surface area contributed by atoms with Gasteiger partial charge in [-0.15, -0.1) is 0 Å². The molecule has 66 valence electrons. The molecule has 1 saturated heterocycles. The molecule has 5 heteroatoms. The fourth-order valence-corrected chi connectivity index (χ4v) is 1.19. The standard InChI is InChI=1S/C6H13NO4/c8-1-3-5(10)6(11)4(2-9)7-3/h3-11H,1-2H2/t3-,4-,5-,6+/m1/s1/i/hD. The van der Waals surface area contributed by atoms with Gasteiger partial charge in [0.1, 0.15) is 1.41 Å². The van der Waals surface area contributed by atoms with E-state index in [1.54, 1.807) is 0 Å². The number of nitrogens with one attached hydrogen (secondary N) is 1. The summed E-state index contributed by atoms with van der Waals surface area (Å²) in [6.07, 6.45) is -2.32. The highest BCUT2D eigenvalue weighted by Gasteiger charge is 2.39. The van der Waals surface area contributed by atoms with Gasteiger partial charge >= 0.3 is 0 Å². The minimum Gasteiger partial charge on any atom is -0.395 e. The maximum absolute atomic E-state index is 9.25. The lowest BCUT2D eigenvalue weighted by Crippen LogP contribution is -2.37. The first kappa shape index (κ1) is 7.45. The summed E-state index contributed by atoms with van der Waals surface area (Å²) in [5, 5.41) is 36.8. The monoisotopic (exact) mass is 164 g/mol. The molecule has 0 unspecified atom stereocenters. The van der Waals surface area contributed by atoms with Crippen LogP contribution in [-0.2, 0) is 0 Å². The van der Waals surface area contributed by atoms with Crippen LogP contribution in [0.15, 0.2) is 0 Å². The van der Waals surface area contributed by atoms with Crippen LogP contribution in [0, 0.1) is 0 Å². The zero-order chi connectivity index (χ0) is 9.30. The molecule has 0 radical (unpaired) electrons. The molecule has 0 aliphatic carbocycles. The second kappa shape index (κ2) is 3.46. The number of rotatable bonds is 2. The van der Waals surface area contributed by atoms with Gasteiger partial charge in [-0.1, -0.05) is 0 Å². The fraction of sp³-hybridized carbons (Fsp3) is 1.00. The summed E-state index contributed by atoms with van der Waals surface area (Å²) >= 11 is 0. The maximum Gasteiger partial charge on any atom is 0.123 e. The maximum atomic E-state index is 9.25. The lowest BCUT2D eigenvalue weighted by atomic mass is 10.1. The zero-order valence-electron chi connectivity index (χ0n) is 6.96. The largest absolute Gasteiger partial charge is 0.395 e. The third-order valence-corrected chi connectivity index (χ3v) is 1.90. The fourth-order valence-electron chi connectivity index (χ4n) is 1.19. The Balaban J connectivity index is 2.71. The molecule has 0 amide bonds. The van der Waals surface area contributed by atoms with Crippen LogP contribution in [0.1, 0.15) is 0 Å². The molecule has 5 N–H and O–H groups in total. The summed E-state index contributed by atoms with van der Waals surface area (Å²) in [6, 6.07) is -1.62. The van der Waals surface area contributed by atoms with Crippen LogP contribution in [-0.4, -0.2) is 57.9 Å². The third kappa shape index (κ3) is 1.52. The predicted molar refractivity (Wildman–Crippen MR) is 36.9 cm³/mol. The van der Waals surface area contributed by atoms with Gasteiger partial charge in [-0.25, -0.2) is 0 Å².